The maximum Gasteiger partial charge on any atom is 0.333 e. The number of hydrogen-bond donors (Lipinski definition) is 1. The minimum atomic E-state index is -0.753. The van der Waals surface area contributed by atoms with Gasteiger partial charge in [-0.25, -0.2) is 4.79 Å². The minimum absolute atomic E-state index is 0.259. The number of carbonyl (C=O) groups excluding carboxylic acids is 1. The van der Waals surface area contributed by atoms with Crippen LogP contribution in [0.2, 0.25) is 0 Å². The molecule has 8 heavy (non-hydrogen) atoms. The summed E-state index contributed by atoms with van der Waals surface area (Å²) in [6.07, 6.45) is 1.15. The highest BCUT2D eigenvalue weighted by atomic mass is 35.5. The third-order valence-electron chi connectivity index (χ3n) is 0.839. The second-order valence-electron chi connectivity index (χ2n) is 1.42. The lowest BCUT2D eigenvalue weighted by atomic mass is 10.3. The Morgan fingerprint density at radius 3 is 2.62 bits per heavy atom. The molecule has 0 radical (unpaired) electrons. The number of carbonyl (C=O) groups is 1. The van der Waals surface area contributed by atoms with E-state index in [1.54, 1.807) is 0 Å². The van der Waals surface area contributed by atoms with Crippen molar-refractivity contribution in [2.24, 2.45) is 5.73 Å². The second kappa shape index (κ2) is 1.76. The van der Waals surface area contributed by atoms with E-state index in [1.165, 1.54) is 0 Å². The summed E-state index contributed by atoms with van der Waals surface area (Å²) < 4.78 is 4.32. The molecule has 0 spiro atoms. The molecule has 0 aromatic heterocycles. The van der Waals surface area contributed by atoms with Crippen molar-refractivity contribution in [3.05, 3.63) is 11.3 Å². The van der Waals surface area contributed by atoms with Crippen LogP contribution in [0.25, 0.3) is 0 Å². The quantitative estimate of drug-likeness (QED) is 0.472. The van der Waals surface area contributed by atoms with Gasteiger partial charge in [0.05, 0.1) is 5.03 Å². The van der Waals surface area contributed by atoms with Crippen LogP contribution in [0.3, 0.4) is 0 Å². The number of esters is 1. The van der Waals surface area contributed by atoms with Crippen molar-refractivity contribution >= 4 is 17.6 Å². The molecular weight excluding hydrogens is 130 g/mol. The Labute approximate surface area is 51.1 Å². The van der Waals surface area contributed by atoms with E-state index in [-0.39, 0.29) is 5.03 Å². The number of rotatable bonds is 0. The topological polar surface area (TPSA) is 52.3 Å². The molecule has 1 rings (SSSR count). The van der Waals surface area contributed by atoms with Gasteiger partial charge in [0.2, 0.25) is 0 Å². The highest BCUT2D eigenvalue weighted by Gasteiger charge is 2.24. The maximum absolute atomic E-state index is 10.3. The molecule has 3 nitrogen and oxygen atoms in total. The van der Waals surface area contributed by atoms with Gasteiger partial charge in [0, 0.05) is 0 Å². The van der Waals surface area contributed by atoms with Crippen LogP contribution in [0, 0.1) is 0 Å². The van der Waals surface area contributed by atoms with Gasteiger partial charge in [-0.05, 0) is 0 Å². The lowest BCUT2D eigenvalue weighted by Crippen LogP contribution is -2.26. The summed E-state index contributed by atoms with van der Waals surface area (Å²) in [5.74, 6) is -0.491. The minimum Gasteiger partial charge on any atom is -0.432 e. The van der Waals surface area contributed by atoms with Gasteiger partial charge in [-0.3, -0.25) is 0 Å². The van der Waals surface area contributed by atoms with Crippen LogP contribution >= 0.6 is 11.6 Å². The molecule has 44 valence electrons. The Bertz CT molecular complexity index is 154. The molecule has 0 aliphatic carbocycles. The Kier molecular flexibility index (Phi) is 1.23. The van der Waals surface area contributed by atoms with E-state index in [2.05, 4.69) is 4.74 Å². The lowest BCUT2D eigenvalue weighted by Gasteiger charge is -1.93. The zero-order chi connectivity index (χ0) is 6.15. The number of hydrogen-bond acceptors (Lipinski definition) is 3. The van der Waals surface area contributed by atoms with Crippen LogP contribution < -0.4 is 5.73 Å². The molecule has 0 aromatic carbocycles. The van der Waals surface area contributed by atoms with E-state index in [4.69, 9.17) is 17.3 Å². The second-order valence-corrected chi connectivity index (χ2v) is 1.85. The standard InChI is InChI=1S/C4H4ClNO2/c5-2-1-8-4(7)3(2)6/h1,3H,6H2. The summed E-state index contributed by atoms with van der Waals surface area (Å²) in [4.78, 5) is 10.3. The fraction of sp³-hybridized carbons (Fsp3) is 0.250. The lowest BCUT2D eigenvalue weighted by molar-refractivity contribution is -0.136. The molecule has 1 aliphatic rings. The molecule has 0 bridgehead atoms. The fourth-order valence-corrected chi connectivity index (χ4v) is 0.507. The molecular formula is C4H4ClNO2. The summed E-state index contributed by atoms with van der Waals surface area (Å²) in [7, 11) is 0. The molecule has 0 saturated heterocycles. The number of nitrogens with two attached hydrogens (primary N) is 1. The maximum atomic E-state index is 10.3. The third-order valence-corrected chi connectivity index (χ3v) is 1.16. The zero-order valence-corrected chi connectivity index (χ0v) is 4.68. The molecule has 0 amide bonds. The van der Waals surface area contributed by atoms with Crippen molar-refractivity contribution < 1.29 is 9.53 Å². The van der Waals surface area contributed by atoms with Crippen molar-refractivity contribution in [3.63, 3.8) is 0 Å². The largest absolute Gasteiger partial charge is 0.432 e. The molecule has 4 heteroatoms. The van der Waals surface area contributed by atoms with Gasteiger partial charge in [-0.15, -0.1) is 0 Å². The van der Waals surface area contributed by atoms with Crippen molar-refractivity contribution in [3.8, 4) is 0 Å². The van der Waals surface area contributed by atoms with Crippen LogP contribution in [0.1, 0.15) is 0 Å². The SMILES string of the molecule is NC1C(=O)OC=C1Cl. The van der Waals surface area contributed by atoms with Gasteiger partial charge in [0.15, 0.2) is 0 Å². The highest BCUT2D eigenvalue weighted by molar-refractivity contribution is 6.32. The molecule has 0 aromatic rings. The summed E-state index contributed by atoms with van der Waals surface area (Å²) in [6.45, 7) is 0. The Morgan fingerprint density at radius 2 is 2.50 bits per heavy atom. The van der Waals surface area contributed by atoms with E-state index in [1.807, 2.05) is 0 Å². The molecule has 2 N–H and O–H groups in total. The van der Waals surface area contributed by atoms with Gasteiger partial charge >= 0.3 is 5.97 Å². The zero-order valence-electron chi connectivity index (χ0n) is 3.93. The van der Waals surface area contributed by atoms with Crippen molar-refractivity contribution in [1.82, 2.24) is 0 Å². The third kappa shape index (κ3) is 0.700. The van der Waals surface area contributed by atoms with Crippen molar-refractivity contribution in [2.45, 2.75) is 6.04 Å². The van der Waals surface area contributed by atoms with Crippen LogP contribution in [0.4, 0.5) is 0 Å². The molecule has 0 saturated carbocycles. The summed E-state index contributed by atoms with van der Waals surface area (Å²) in [6, 6.07) is -0.753. The average Bonchev–Trinajstić information content (AvgIpc) is 1.98. The molecule has 0 fully saturated rings. The van der Waals surface area contributed by atoms with Gasteiger partial charge in [0.1, 0.15) is 12.3 Å². The van der Waals surface area contributed by atoms with Gasteiger partial charge in [-0.1, -0.05) is 11.6 Å². The molecule has 1 atom stereocenters. The Morgan fingerprint density at radius 1 is 1.88 bits per heavy atom. The van der Waals surface area contributed by atoms with E-state index in [0.717, 1.165) is 6.26 Å². The summed E-state index contributed by atoms with van der Waals surface area (Å²) in [5.41, 5.74) is 5.15. The van der Waals surface area contributed by atoms with Crippen LogP contribution in [-0.4, -0.2) is 12.0 Å². The monoisotopic (exact) mass is 133 g/mol. The summed E-state index contributed by atoms with van der Waals surface area (Å²) in [5, 5.41) is 0.259. The molecule has 1 heterocycles. The first-order chi connectivity index (χ1) is 3.72. The normalized spacial score (nSPS) is 27.5. The predicted molar refractivity (Wildman–Crippen MR) is 28.0 cm³/mol. The fourth-order valence-electron chi connectivity index (χ4n) is 0.374. The van der Waals surface area contributed by atoms with Gasteiger partial charge in [0.25, 0.3) is 0 Å². The van der Waals surface area contributed by atoms with Crippen LogP contribution in [0.15, 0.2) is 11.3 Å². The van der Waals surface area contributed by atoms with E-state index >= 15 is 0 Å². The molecule has 1 aliphatic heterocycles. The smallest absolute Gasteiger partial charge is 0.333 e. The Balaban J connectivity index is 2.72. The van der Waals surface area contributed by atoms with Crippen molar-refractivity contribution in [2.75, 3.05) is 0 Å². The average molecular weight is 134 g/mol. The van der Waals surface area contributed by atoms with E-state index in [9.17, 15) is 4.79 Å². The number of cyclic esters (lactones) is 1. The van der Waals surface area contributed by atoms with E-state index < -0.39 is 12.0 Å². The van der Waals surface area contributed by atoms with Crippen LogP contribution in [-0.2, 0) is 9.53 Å². The van der Waals surface area contributed by atoms with Gasteiger partial charge < -0.3 is 10.5 Å². The first-order valence-corrected chi connectivity index (χ1v) is 2.41. The predicted octanol–water partition coefficient (Wildman–Crippen LogP) is -0.0493. The van der Waals surface area contributed by atoms with E-state index in [0.29, 0.717) is 0 Å². The van der Waals surface area contributed by atoms with Gasteiger partial charge in [-0.2, -0.15) is 0 Å². The van der Waals surface area contributed by atoms with Crippen molar-refractivity contribution in [1.29, 1.82) is 0 Å². The first kappa shape index (κ1) is 5.59. The number of halogens is 1. The highest BCUT2D eigenvalue weighted by Crippen LogP contribution is 2.13. The summed E-state index contributed by atoms with van der Waals surface area (Å²) >= 11 is 5.35. The number of ether oxygens (including phenoxy) is 1. The van der Waals surface area contributed by atoms with Crippen LogP contribution in [0.5, 0.6) is 0 Å². The molecule has 1 unspecified atom stereocenters. The first-order valence-electron chi connectivity index (χ1n) is 2.03. The Hall–Kier alpha value is -0.540.